The Balaban J connectivity index is 0.000000177. The third-order valence-corrected chi connectivity index (χ3v) is 11.9. The summed E-state index contributed by atoms with van der Waals surface area (Å²) in [5, 5.41) is 27.5. The van der Waals surface area contributed by atoms with Crippen LogP contribution in [0.1, 0.15) is 93.3 Å². The number of Topliss-reactive ketones (excluding diaryl/α,β-unsaturated/α-hetero) is 1. The fraction of sp³-hybridized carbons (Fsp3) is 0.380. The predicted molar refractivity (Wildman–Crippen MR) is 241 cm³/mol. The number of hydrogen-bond donors (Lipinski definition) is 0. The van der Waals surface area contributed by atoms with Gasteiger partial charge in [-0.15, -0.1) is 0 Å². The average molecular weight is 832 g/mol. The van der Waals surface area contributed by atoms with Gasteiger partial charge in [-0.3, -0.25) is 9.45 Å². The number of ketones is 1. The summed E-state index contributed by atoms with van der Waals surface area (Å²) in [7, 11) is -1.21. The first-order valence-electron chi connectivity index (χ1n) is 20.6. The molecule has 11 heteroatoms. The summed E-state index contributed by atoms with van der Waals surface area (Å²) in [6.07, 6.45) is 5.88. The van der Waals surface area contributed by atoms with Crippen molar-refractivity contribution in [1.29, 1.82) is 15.8 Å². The molecule has 8 rings (SSSR count). The Morgan fingerprint density at radius 3 is 1.57 bits per heavy atom. The van der Waals surface area contributed by atoms with E-state index in [-0.39, 0.29) is 17.0 Å². The molecule has 4 aromatic rings. The molecule has 0 aromatic heterocycles. The van der Waals surface area contributed by atoms with Gasteiger partial charge in [-0.2, -0.15) is 20.8 Å². The number of hydrogen-bond acceptors (Lipinski definition) is 10. The lowest BCUT2D eigenvalue weighted by Gasteiger charge is -2.47. The minimum absolute atomic E-state index is 0.113. The standard InChI is InChI=1S/C23H21N3O2.C22H21NO3.C5H11NSi/c1-22(2)14-23(8-9-27-22)12-20(26-15-25)19-11-18(6-7-21(19)28-23)17-5-3-4-16(10-17)13-24;1-21(2)14-22(8-9-25-21)12-19(24)18-11-17(6-7-20(18)26-22)16-5-3-4-15(10-16)13-23;1-5-6-7(2,3)4/h3-7,10-11H,8-9,12,14H2,1-2H3;3-7,10-11H,8-9,12,14H2,1-2H3;1H2,2-4H3. The Labute approximate surface area is 360 Å². The van der Waals surface area contributed by atoms with E-state index < -0.39 is 19.4 Å². The maximum absolute atomic E-state index is 12.9. The number of carbonyl (C=O) groups is 1. The topological polar surface area (TPSA) is 150 Å². The number of ether oxygens (including phenoxy) is 4. The van der Waals surface area contributed by atoms with Crippen LogP contribution in [-0.4, -0.2) is 61.2 Å². The maximum atomic E-state index is 12.9. The minimum atomic E-state index is -1.21. The Morgan fingerprint density at radius 2 is 1.13 bits per heavy atom. The van der Waals surface area contributed by atoms with E-state index in [1.54, 1.807) is 12.1 Å². The fourth-order valence-electron chi connectivity index (χ4n) is 8.63. The highest BCUT2D eigenvalue weighted by Gasteiger charge is 2.48. The summed E-state index contributed by atoms with van der Waals surface area (Å²) in [5.41, 5.74) is 5.77. The molecule has 0 aliphatic carbocycles. The number of carbonyl (C=O) groups excluding carboxylic acids is 1. The highest BCUT2D eigenvalue weighted by Crippen LogP contribution is 2.46. The summed E-state index contributed by atoms with van der Waals surface area (Å²) in [6, 6.07) is 30.8. The van der Waals surface area contributed by atoms with Crippen molar-refractivity contribution >= 4 is 25.6 Å². The van der Waals surface area contributed by atoms with Crippen LogP contribution in [0.5, 0.6) is 11.5 Å². The molecule has 10 nitrogen and oxygen atoms in total. The molecular formula is C50H53N5O5Si. The van der Waals surface area contributed by atoms with Crippen LogP contribution in [0.4, 0.5) is 0 Å². The van der Waals surface area contributed by atoms with Crippen LogP contribution in [-0.2, 0) is 9.47 Å². The van der Waals surface area contributed by atoms with Gasteiger partial charge in [0.2, 0.25) is 6.19 Å². The number of aliphatic imine (C=N–C) groups is 1. The second-order valence-corrected chi connectivity index (χ2v) is 22.9. The quantitative estimate of drug-likeness (QED) is 0.112. The van der Waals surface area contributed by atoms with E-state index in [9.17, 15) is 10.1 Å². The highest BCUT2D eigenvalue weighted by atomic mass is 28.3. The molecular weight excluding hydrogens is 779 g/mol. The number of benzene rings is 4. The lowest BCUT2D eigenvalue weighted by Crippen LogP contribution is -2.52. The van der Waals surface area contributed by atoms with Gasteiger partial charge < -0.3 is 18.9 Å². The van der Waals surface area contributed by atoms with E-state index in [1.165, 1.54) is 0 Å². The molecule has 2 saturated heterocycles. The van der Waals surface area contributed by atoms with Gasteiger partial charge in [0.05, 0.1) is 65.4 Å². The fourth-order valence-corrected chi connectivity index (χ4v) is 9.11. The summed E-state index contributed by atoms with van der Waals surface area (Å²) >= 11 is 0. The molecule has 4 heterocycles. The first-order chi connectivity index (χ1) is 28.9. The number of rotatable bonds is 3. The van der Waals surface area contributed by atoms with Crippen LogP contribution in [0, 0.1) is 34.1 Å². The average Bonchev–Trinajstić information content (AvgIpc) is 3.20. The van der Waals surface area contributed by atoms with Gasteiger partial charge >= 0.3 is 0 Å². The van der Waals surface area contributed by atoms with Gasteiger partial charge in [0, 0.05) is 37.7 Å². The number of nitriles is 3. The molecule has 2 atom stereocenters. The van der Waals surface area contributed by atoms with Crippen LogP contribution in [0.2, 0.25) is 19.6 Å². The Bertz CT molecular complexity index is 2530. The summed E-state index contributed by atoms with van der Waals surface area (Å²) in [6.45, 7) is 19.3. The second kappa shape index (κ2) is 17.8. The minimum Gasteiger partial charge on any atom is -0.486 e. The van der Waals surface area contributed by atoms with E-state index in [4.69, 9.17) is 29.5 Å². The van der Waals surface area contributed by atoms with Gasteiger partial charge in [0.1, 0.15) is 22.7 Å². The van der Waals surface area contributed by atoms with Gasteiger partial charge in [0.25, 0.3) is 0 Å². The normalized spacial score (nSPS) is 22.4. The third kappa shape index (κ3) is 11.0. The first kappa shape index (κ1) is 44.4. The zero-order chi connectivity index (χ0) is 44.1. The molecule has 2 spiro atoms. The van der Waals surface area contributed by atoms with E-state index in [1.807, 2.05) is 92.8 Å². The van der Waals surface area contributed by atoms with Crippen LogP contribution in [0.3, 0.4) is 0 Å². The lowest BCUT2D eigenvalue weighted by atomic mass is 9.77. The van der Waals surface area contributed by atoms with Crippen molar-refractivity contribution in [2.75, 3.05) is 13.2 Å². The van der Waals surface area contributed by atoms with Crippen LogP contribution >= 0.6 is 0 Å². The monoisotopic (exact) mass is 831 g/mol. The largest absolute Gasteiger partial charge is 0.486 e. The zero-order valence-electron chi connectivity index (χ0n) is 36.2. The van der Waals surface area contributed by atoms with Crippen molar-refractivity contribution in [1.82, 2.24) is 0 Å². The summed E-state index contributed by atoms with van der Waals surface area (Å²) in [4.78, 5) is 17.0. The summed E-state index contributed by atoms with van der Waals surface area (Å²) in [5.74, 6) is 4.06. The first-order valence-corrected chi connectivity index (χ1v) is 24.0. The predicted octanol–water partition coefficient (Wildman–Crippen LogP) is 10.8. The van der Waals surface area contributed by atoms with Crippen molar-refractivity contribution in [3.05, 3.63) is 114 Å². The molecule has 4 aliphatic rings. The molecule has 2 fully saturated rings. The van der Waals surface area contributed by atoms with Gasteiger partial charge in [-0.05, 0) is 131 Å². The van der Waals surface area contributed by atoms with Gasteiger partial charge in [0.15, 0.2) is 14.0 Å². The molecule has 0 N–H and O–H groups in total. The third-order valence-electron chi connectivity index (χ3n) is 11.0. The van der Waals surface area contributed by atoms with E-state index in [0.717, 1.165) is 58.5 Å². The Morgan fingerprint density at radius 1 is 0.656 bits per heavy atom. The van der Waals surface area contributed by atoms with E-state index in [2.05, 4.69) is 67.7 Å². The number of fused-ring (bicyclic) bond motifs is 2. The van der Waals surface area contributed by atoms with Crippen molar-refractivity contribution in [3.8, 4) is 52.1 Å². The summed E-state index contributed by atoms with van der Waals surface area (Å²) < 4.78 is 28.5. The van der Waals surface area contributed by atoms with Crippen LogP contribution in [0.15, 0.2) is 101 Å². The van der Waals surface area contributed by atoms with Crippen molar-refractivity contribution in [2.24, 2.45) is 9.65 Å². The smallest absolute Gasteiger partial charge is 0.205 e. The van der Waals surface area contributed by atoms with E-state index >= 15 is 0 Å². The molecule has 4 aromatic carbocycles. The molecule has 61 heavy (non-hydrogen) atoms. The molecule has 0 saturated carbocycles. The van der Waals surface area contributed by atoms with Crippen LogP contribution < -0.4 is 9.47 Å². The maximum Gasteiger partial charge on any atom is 0.205 e. The molecule has 0 radical (unpaired) electrons. The van der Waals surface area contributed by atoms with Crippen molar-refractivity contribution in [2.45, 2.75) is 108 Å². The second-order valence-electron chi connectivity index (χ2n) is 18.3. The molecule has 4 aliphatic heterocycles. The van der Waals surface area contributed by atoms with Crippen molar-refractivity contribution < 1.29 is 23.7 Å². The molecule has 0 bridgehead atoms. The molecule has 2 unspecified atom stereocenters. The van der Waals surface area contributed by atoms with Gasteiger partial charge in [-0.25, -0.2) is 0 Å². The van der Waals surface area contributed by atoms with Crippen molar-refractivity contribution in [3.63, 3.8) is 0 Å². The molecule has 0 amide bonds. The number of nitrogens with zero attached hydrogens (tertiary/aromatic N) is 5. The highest BCUT2D eigenvalue weighted by molar-refractivity contribution is 6.75. The molecule has 312 valence electrons. The van der Waals surface area contributed by atoms with Crippen LogP contribution in [0.25, 0.3) is 22.3 Å². The van der Waals surface area contributed by atoms with Gasteiger partial charge in [-0.1, -0.05) is 36.4 Å². The van der Waals surface area contributed by atoms with E-state index in [0.29, 0.717) is 54.9 Å². The zero-order valence-corrected chi connectivity index (χ0v) is 37.2. The Hall–Kier alpha value is -6.12. The SMILES string of the molecule is C=C=N[Si](C)(C)C.CC1(C)CC2(CCO1)CC(=NC#N)c1cc(-c3cccc(C#N)c3)ccc1O2.CC1(C)CC2(CCO1)CC(=O)c1cc(-c3cccc(C#N)c3)ccc1O2. The Kier molecular flexibility index (Phi) is 13.0. The lowest BCUT2D eigenvalue weighted by molar-refractivity contribution is -0.134.